The fourth-order valence-electron chi connectivity index (χ4n) is 0.882. The molecule has 0 bridgehead atoms. The third-order valence-electron chi connectivity index (χ3n) is 1.40. The molecule has 1 aromatic carbocycles. The second-order valence-electron chi connectivity index (χ2n) is 2.57. The van der Waals surface area contributed by atoms with Crippen molar-refractivity contribution in [3.05, 3.63) is 28.3 Å². The zero-order chi connectivity index (χ0) is 11.6. The molecule has 1 aromatic rings. The Morgan fingerprint density at radius 1 is 1.47 bits per heavy atom. The molecule has 0 unspecified atom stereocenters. The lowest BCUT2D eigenvalue weighted by Gasteiger charge is -2.07. The molecular formula is C6H7N2O6P. The van der Waals surface area contributed by atoms with Crippen LogP contribution in [-0.4, -0.2) is 14.7 Å². The van der Waals surface area contributed by atoms with Gasteiger partial charge in [-0.25, -0.2) is 4.57 Å². The first-order valence-electron chi connectivity index (χ1n) is 3.58. The summed E-state index contributed by atoms with van der Waals surface area (Å²) >= 11 is 0. The van der Waals surface area contributed by atoms with Crippen LogP contribution in [0.4, 0.5) is 11.4 Å². The van der Waals surface area contributed by atoms with E-state index in [1.807, 2.05) is 0 Å². The van der Waals surface area contributed by atoms with Gasteiger partial charge in [-0.3, -0.25) is 19.9 Å². The first-order valence-corrected chi connectivity index (χ1v) is 5.12. The number of hydrogen-bond donors (Lipinski definition) is 3. The molecule has 0 heterocycles. The lowest BCUT2D eigenvalue weighted by molar-refractivity contribution is -0.385. The zero-order valence-corrected chi connectivity index (χ0v) is 8.13. The van der Waals surface area contributed by atoms with Gasteiger partial charge in [-0.05, 0) is 12.1 Å². The van der Waals surface area contributed by atoms with E-state index in [9.17, 15) is 14.7 Å². The minimum Gasteiger partial charge on any atom is -0.399 e. The van der Waals surface area contributed by atoms with Gasteiger partial charge in [0.25, 0.3) is 0 Å². The minimum absolute atomic E-state index is 0.0970. The monoisotopic (exact) mass is 234 g/mol. The van der Waals surface area contributed by atoms with Gasteiger partial charge in [0.15, 0.2) is 0 Å². The van der Waals surface area contributed by atoms with E-state index in [-0.39, 0.29) is 5.69 Å². The van der Waals surface area contributed by atoms with Gasteiger partial charge in [0.05, 0.1) is 4.92 Å². The van der Waals surface area contributed by atoms with Crippen LogP contribution in [0, 0.1) is 10.1 Å². The molecule has 15 heavy (non-hydrogen) atoms. The van der Waals surface area contributed by atoms with Crippen molar-refractivity contribution in [2.45, 2.75) is 0 Å². The van der Waals surface area contributed by atoms with Gasteiger partial charge in [0.2, 0.25) is 5.75 Å². The predicted octanol–water partition coefficient (Wildman–Crippen LogP) is 0.648. The summed E-state index contributed by atoms with van der Waals surface area (Å²) < 4.78 is 14.6. The van der Waals surface area contributed by atoms with Crippen molar-refractivity contribution in [3.63, 3.8) is 0 Å². The summed E-state index contributed by atoms with van der Waals surface area (Å²) in [7, 11) is -4.81. The van der Waals surface area contributed by atoms with E-state index < -0.39 is 24.2 Å². The fraction of sp³-hybridized carbons (Fsp3) is 0. The number of nitro groups is 1. The van der Waals surface area contributed by atoms with Crippen LogP contribution in [0.5, 0.6) is 5.75 Å². The van der Waals surface area contributed by atoms with E-state index in [1.54, 1.807) is 0 Å². The van der Waals surface area contributed by atoms with E-state index in [2.05, 4.69) is 4.52 Å². The second-order valence-corrected chi connectivity index (χ2v) is 3.73. The van der Waals surface area contributed by atoms with Crippen molar-refractivity contribution in [1.82, 2.24) is 0 Å². The molecule has 0 saturated heterocycles. The molecule has 0 amide bonds. The Morgan fingerprint density at radius 3 is 2.53 bits per heavy atom. The summed E-state index contributed by atoms with van der Waals surface area (Å²) in [5.74, 6) is -0.525. The normalized spacial score (nSPS) is 11.1. The van der Waals surface area contributed by atoms with Crippen LogP contribution in [0.2, 0.25) is 0 Å². The molecular weight excluding hydrogens is 227 g/mol. The Balaban J connectivity index is 3.18. The van der Waals surface area contributed by atoms with Gasteiger partial charge < -0.3 is 10.3 Å². The molecule has 9 heteroatoms. The van der Waals surface area contributed by atoms with Crippen molar-refractivity contribution in [3.8, 4) is 5.75 Å². The van der Waals surface area contributed by atoms with Gasteiger partial charge in [0, 0.05) is 11.8 Å². The van der Waals surface area contributed by atoms with Crippen LogP contribution in [0.25, 0.3) is 0 Å². The van der Waals surface area contributed by atoms with Crippen LogP contribution in [0.1, 0.15) is 0 Å². The van der Waals surface area contributed by atoms with Crippen LogP contribution >= 0.6 is 7.82 Å². The Bertz CT molecular complexity index is 441. The summed E-state index contributed by atoms with van der Waals surface area (Å²) in [6.45, 7) is 0. The van der Waals surface area contributed by atoms with E-state index in [0.29, 0.717) is 0 Å². The number of nitrogens with zero attached hydrogens (tertiary/aromatic N) is 1. The van der Waals surface area contributed by atoms with Crippen LogP contribution in [-0.2, 0) is 4.57 Å². The molecule has 0 spiro atoms. The number of anilines is 1. The van der Waals surface area contributed by atoms with E-state index in [0.717, 1.165) is 12.1 Å². The molecule has 0 atom stereocenters. The maximum atomic E-state index is 10.5. The van der Waals surface area contributed by atoms with E-state index >= 15 is 0 Å². The number of nitrogen functional groups attached to an aromatic ring is 1. The first kappa shape index (κ1) is 11.4. The van der Waals surface area contributed by atoms with Crippen molar-refractivity contribution < 1.29 is 23.8 Å². The van der Waals surface area contributed by atoms with Gasteiger partial charge in [0.1, 0.15) is 0 Å². The smallest absolute Gasteiger partial charge is 0.399 e. The number of phosphoric ester groups is 1. The molecule has 0 aliphatic rings. The molecule has 82 valence electrons. The van der Waals surface area contributed by atoms with Crippen LogP contribution in [0.3, 0.4) is 0 Å². The largest absolute Gasteiger partial charge is 0.525 e. The Morgan fingerprint density at radius 2 is 2.07 bits per heavy atom. The topological polar surface area (TPSA) is 136 Å². The van der Waals surface area contributed by atoms with Gasteiger partial charge >= 0.3 is 13.5 Å². The van der Waals surface area contributed by atoms with Gasteiger partial charge in [-0.1, -0.05) is 0 Å². The quantitative estimate of drug-likeness (QED) is 0.302. The maximum Gasteiger partial charge on any atom is 0.525 e. The first-order chi connectivity index (χ1) is 6.79. The standard InChI is InChI=1S/C6H7N2O6P/c7-4-1-2-6(14-15(11,12)13)5(3-4)8(9)10/h1-3H,7H2,(H2,11,12,13). The third kappa shape index (κ3) is 3.21. The SMILES string of the molecule is Nc1ccc(OP(=O)(O)O)c([N+](=O)[O-])c1. The zero-order valence-electron chi connectivity index (χ0n) is 7.23. The van der Waals surface area contributed by atoms with Crippen molar-refractivity contribution in [2.24, 2.45) is 0 Å². The molecule has 0 fully saturated rings. The van der Waals surface area contributed by atoms with Crippen LogP contribution in [0.15, 0.2) is 18.2 Å². The Labute approximate surface area is 83.7 Å². The summed E-state index contributed by atoms with van der Waals surface area (Å²) in [5, 5.41) is 10.5. The summed E-state index contributed by atoms with van der Waals surface area (Å²) in [6, 6.07) is 3.20. The average molecular weight is 234 g/mol. The summed E-state index contributed by atoms with van der Waals surface area (Å²) in [6.07, 6.45) is 0. The summed E-state index contributed by atoms with van der Waals surface area (Å²) in [5.41, 5.74) is 4.77. The molecule has 4 N–H and O–H groups in total. The number of rotatable bonds is 3. The molecule has 1 rings (SSSR count). The molecule has 0 aliphatic heterocycles. The average Bonchev–Trinajstić information content (AvgIpc) is 2.05. The van der Waals surface area contributed by atoms with Crippen LogP contribution < -0.4 is 10.3 Å². The highest BCUT2D eigenvalue weighted by atomic mass is 31.2. The highest BCUT2D eigenvalue weighted by Gasteiger charge is 2.23. The predicted molar refractivity (Wildman–Crippen MR) is 50.2 cm³/mol. The summed E-state index contributed by atoms with van der Waals surface area (Å²) in [4.78, 5) is 26.6. The minimum atomic E-state index is -4.81. The van der Waals surface area contributed by atoms with Gasteiger partial charge in [-0.15, -0.1) is 0 Å². The van der Waals surface area contributed by atoms with Crippen molar-refractivity contribution in [2.75, 3.05) is 5.73 Å². The van der Waals surface area contributed by atoms with Gasteiger partial charge in [-0.2, -0.15) is 0 Å². The fourth-order valence-corrected chi connectivity index (χ4v) is 1.29. The van der Waals surface area contributed by atoms with E-state index in [4.69, 9.17) is 15.5 Å². The molecule has 0 saturated carbocycles. The molecule has 0 radical (unpaired) electrons. The molecule has 0 aliphatic carbocycles. The van der Waals surface area contributed by atoms with Crippen molar-refractivity contribution in [1.29, 1.82) is 0 Å². The number of benzene rings is 1. The highest BCUT2D eigenvalue weighted by Crippen LogP contribution is 2.42. The maximum absolute atomic E-state index is 10.5. The number of phosphoric acid groups is 1. The number of nitro benzene ring substituents is 1. The second kappa shape index (κ2) is 3.85. The molecule has 0 aromatic heterocycles. The Kier molecular flexibility index (Phi) is 2.94. The lowest BCUT2D eigenvalue weighted by Crippen LogP contribution is -1.97. The lowest BCUT2D eigenvalue weighted by atomic mass is 10.2. The number of hydrogen-bond acceptors (Lipinski definition) is 5. The number of nitrogens with two attached hydrogens (primary N) is 1. The highest BCUT2D eigenvalue weighted by molar-refractivity contribution is 7.46. The Hall–Kier alpha value is -1.63. The third-order valence-corrected chi connectivity index (χ3v) is 1.83. The van der Waals surface area contributed by atoms with Crippen molar-refractivity contribution >= 4 is 19.2 Å². The van der Waals surface area contributed by atoms with E-state index in [1.165, 1.54) is 6.07 Å². The molecule has 8 nitrogen and oxygen atoms in total.